The van der Waals surface area contributed by atoms with Crippen molar-refractivity contribution < 1.29 is 10.2 Å². The van der Waals surface area contributed by atoms with Gasteiger partial charge in [-0.3, -0.25) is 0 Å². The van der Waals surface area contributed by atoms with Gasteiger partial charge >= 0.3 is 0 Å². The van der Waals surface area contributed by atoms with Crippen molar-refractivity contribution >= 4 is 0 Å². The Labute approximate surface area is 102 Å². The molecule has 17 heavy (non-hydrogen) atoms. The molecule has 0 amide bonds. The number of phenolic OH excluding ortho intramolecular Hbond substituents is 2. The van der Waals surface area contributed by atoms with Crippen LogP contribution in [0, 0.1) is 5.92 Å². The Morgan fingerprint density at radius 3 is 2.76 bits per heavy atom. The monoisotopic (exact) mass is 235 g/mol. The van der Waals surface area contributed by atoms with E-state index in [1.165, 1.54) is 31.7 Å². The minimum Gasteiger partial charge on any atom is -0.504 e. The van der Waals surface area contributed by atoms with Gasteiger partial charge in [0.05, 0.1) is 0 Å². The maximum absolute atomic E-state index is 9.70. The van der Waals surface area contributed by atoms with Crippen molar-refractivity contribution in [2.24, 2.45) is 5.92 Å². The van der Waals surface area contributed by atoms with Crippen molar-refractivity contribution in [1.82, 2.24) is 5.32 Å². The summed E-state index contributed by atoms with van der Waals surface area (Å²) in [5, 5.41) is 22.6. The van der Waals surface area contributed by atoms with Crippen molar-refractivity contribution in [2.75, 3.05) is 0 Å². The van der Waals surface area contributed by atoms with Gasteiger partial charge in [0.1, 0.15) is 0 Å². The highest BCUT2D eigenvalue weighted by atomic mass is 16.3. The molecular formula is C14H21NO2. The van der Waals surface area contributed by atoms with Crippen molar-refractivity contribution in [3.05, 3.63) is 23.8 Å². The number of phenols is 2. The summed E-state index contributed by atoms with van der Waals surface area (Å²) >= 11 is 0. The van der Waals surface area contributed by atoms with Crippen LogP contribution in [0.15, 0.2) is 18.2 Å². The molecular weight excluding hydrogens is 214 g/mol. The largest absolute Gasteiger partial charge is 0.504 e. The first kappa shape index (κ1) is 12.2. The zero-order chi connectivity index (χ0) is 12.3. The van der Waals surface area contributed by atoms with Crippen LogP contribution in [0.4, 0.5) is 0 Å². The zero-order valence-corrected chi connectivity index (χ0v) is 10.3. The molecule has 0 radical (unpaired) electrons. The van der Waals surface area contributed by atoms with E-state index < -0.39 is 0 Å². The molecule has 0 saturated heterocycles. The molecule has 0 aliphatic heterocycles. The third-order valence-electron chi connectivity index (χ3n) is 3.76. The minimum absolute atomic E-state index is 0.00321. The zero-order valence-electron chi connectivity index (χ0n) is 10.3. The topological polar surface area (TPSA) is 52.5 Å². The second kappa shape index (κ2) is 5.41. The van der Waals surface area contributed by atoms with E-state index in [0.29, 0.717) is 18.5 Å². The summed E-state index contributed by atoms with van der Waals surface area (Å²) in [4.78, 5) is 0. The molecule has 94 valence electrons. The molecule has 2 unspecified atom stereocenters. The normalized spacial score (nSPS) is 24.8. The van der Waals surface area contributed by atoms with Crippen LogP contribution in [0.5, 0.6) is 11.5 Å². The highest BCUT2D eigenvalue weighted by Gasteiger charge is 2.20. The summed E-state index contributed by atoms with van der Waals surface area (Å²) in [6.07, 6.45) is 5.11. The fourth-order valence-electron chi connectivity index (χ4n) is 2.58. The molecule has 1 fully saturated rings. The van der Waals surface area contributed by atoms with Crippen molar-refractivity contribution in [3.8, 4) is 11.5 Å². The van der Waals surface area contributed by atoms with Crippen molar-refractivity contribution in [2.45, 2.75) is 45.2 Å². The molecule has 1 aliphatic carbocycles. The average molecular weight is 235 g/mol. The van der Waals surface area contributed by atoms with E-state index in [4.69, 9.17) is 0 Å². The van der Waals surface area contributed by atoms with Crippen LogP contribution in [0.25, 0.3) is 0 Å². The maximum atomic E-state index is 9.70. The summed E-state index contributed by atoms with van der Waals surface area (Å²) in [7, 11) is 0. The Morgan fingerprint density at radius 2 is 2.00 bits per heavy atom. The predicted octanol–water partition coefficient (Wildman–Crippen LogP) is 2.77. The molecule has 2 atom stereocenters. The van der Waals surface area contributed by atoms with E-state index in [0.717, 1.165) is 5.56 Å². The van der Waals surface area contributed by atoms with Gasteiger partial charge in [-0.25, -0.2) is 0 Å². The summed E-state index contributed by atoms with van der Waals surface area (Å²) < 4.78 is 0. The summed E-state index contributed by atoms with van der Waals surface area (Å²) in [6.45, 7) is 2.90. The second-order valence-electron chi connectivity index (χ2n) is 5.03. The van der Waals surface area contributed by atoms with Crippen LogP contribution in [-0.2, 0) is 6.54 Å². The number of para-hydroxylation sites is 1. The van der Waals surface area contributed by atoms with Gasteiger partial charge in [-0.15, -0.1) is 0 Å². The average Bonchev–Trinajstić information content (AvgIpc) is 2.33. The van der Waals surface area contributed by atoms with Gasteiger partial charge in [0.15, 0.2) is 11.5 Å². The minimum atomic E-state index is -0.0407. The van der Waals surface area contributed by atoms with Crippen molar-refractivity contribution in [3.63, 3.8) is 0 Å². The molecule has 1 saturated carbocycles. The summed E-state index contributed by atoms with van der Waals surface area (Å²) in [6, 6.07) is 5.64. The molecule has 3 N–H and O–H groups in total. The van der Waals surface area contributed by atoms with Crippen molar-refractivity contribution in [1.29, 1.82) is 0 Å². The first-order valence-electron chi connectivity index (χ1n) is 6.41. The molecule has 0 heterocycles. The van der Waals surface area contributed by atoms with Gasteiger partial charge in [-0.05, 0) is 24.8 Å². The lowest BCUT2D eigenvalue weighted by Gasteiger charge is -2.29. The first-order chi connectivity index (χ1) is 8.18. The first-order valence-corrected chi connectivity index (χ1v) is 6.41. The lowest BCUT2D eigenvalue weighted by atomic mass is 9.86. The number of aromatic hydroxyl groups is 2. The second-order valence-corrected chi connectivity index (χ2v) is 5.03. The molecule has 3 heteroatoms. The number of nitrogens with one attached hydrogen (secondary N) is 1. The van der Waals surface area contributed by atoms with Crippen LogP contribution in [0.1, 0.15) is 38.2 Å². The smallest absolute Gasteiger partial charge is 0.161 e. The van der Waals surface area contributed by atoms with Crippen LogP contribution >= 0.6 is 0 Å². The molecule has 1 aromatic rings. The fraction of sp³-hybridized carbons (Fsp3) is 0.571. The Hall–Kier alpha value is -1.22. The third-order valence-corrected chi connectivity index (χ3v) is 3.76. The van der Waals surface area contributed by atoms with E-state index in [1.54, 1.807) is 6.07 Å². The highest BCUT2D eigenvalue weighted by molar-refractivity contribution is 5.44. The number of benzene rings is 1. The van der Waals surface area contributed by atoms with Gasteiger partial charge in [0, 0.05) is 18.2 Å². The van der Waals surface area contributed by atoms with E-state index in [9.17, 15) is 10.2 Å². The van der Waals surface area contributed by atoms with E-state index in [1.807, 2.05) is 6.07 Å². The molecule has 1 aromatic carbocycles. The van der Waals surface area contributed by atoms with Gasteiger partial charge in [-0.1, -0.05) is 31.9 Å². The lowest BCUT2D eigenvalue weighted by molar-refractivity contribution is 0.278. The number of hydrogen-bond donors (Lipinski definition) is 3. The van der Waals surface area contributed by atoms with Gasteiger partial charge in [0.25, 0.3) is 0 Å². The van der Waals surface area contributed by atoms with Gasteiger partial charge in [0.2, 0.25) is 0 Å². The summed E-state index contributed by atoms with van der Waals surface area (Å²) in [5.74, 6) is 0.660. The van der Waals surface area contributed by atoms with E-state index in [-0.39, 0.29) is 11.5 Å². The summed E-state index contributed by atoms with van der Waals surface area (Å²) in [5.41, 5.74) is 0.766. The molecule has 2 rings (SSSR count). The lowest BCUT2D eigenvalue weighted by Crippen LogP contribution is -2.36. The SMILES string of the molecule is CC1CCCCC1NCc1cccc(O)c1O. The molecule has 0 spiro atoms. The highest BCUT2D eigenvalue weighted by Crippen LogP contribution is 2.29. The van der Waals surface area contributed by atoms with E-state index >= 15 is 0 Å². The Morgan fingerprint density at radius 1 is 1.24 bits per heavy atom. The number of hydrogen-bond acceptors (Lipinski definition) is 3. The molecule has 0 aromatic heterocycles. The Kier molecular flexibility index (Phi) is 3.89. The quantitative estimate of drug-likeness (QED) is 0.706. The Bertz CT molecular complexity index is 378. The molecule has 3 nitrogen and oxygen atoms in total. The van der Waals surface area contributed by atoms with Crippen LogP contribution in [0.3, 0.4) is 0 Å². The van der Waals surface area contributed by atoms with Gasteiger partial charge < -0.3 is 15.5 Å². The Balaban J connectivity index is 1.95. The van der Waals surface area contributed by atoms with Crippen LogP contribution in [-0.4, -0.2) is 16.3 Å². The fourth-order valence-corrected chi connectivity index (χ4v) is 2.58. The van der Waals surface area contributed by atoms with E-state index in [2.05, 4.69) is 12.2 Å². The molecule has 1 aliphatic rings. The molecule has 0 bridgehead atoms. The predicted molar refractivity (Wildman–Crippen MR) is 68.0 cm³/mol. The maximum Gasteiger partial charge on any atom is 0.161 e. The van der Waals surface area contributed by atoms with Crippen LogP contribution < -0.4 is 5.32 Å². The number of rotatable bonds is 3. The third kappa shape index (κ3) is 2.91. The standard InChI is InChI=1S/C14H21NO2/c1-10-5-2-3-7-12(10)15-9-11-6-4-8-13(16)14(11)17/h4,6,8,10,12,15-17H,2-3,5,7,9H2,1H3. The van der Waals surface area contributed by atoms with Gasteiger partial charge in [-0.2, -0.15) is 0 Å². The van der Waals surface area contributed by atoms with Crippen LogP contribution in [0.2, 0.25) is 0 Å².